The molecule has 94 heavy (non-hydrogen) atoms. The molecule has 8 aliphatic rings. The van der Waals surface area contributed by atoms with Crippen LogP contribution < -0.4 is 37.9 Å². The van der Waals surface area contributed by atoms with Crippen LogP contribution in [0.15, 0.2) is 200 Å². The number of nitrogens with zero attached hydrogens (tertiary/aromatic N) is 5. The first-order chi connectivity index (χ1) is 46.6. The van der Waals surface area contributed by atoms with Gasteiger partial charge in [0.05, 0.1) is 126 Å². The number of pyridine rings is 5. The lowest BCUT2D eigenvalue weighted by Gasteiger charge is -2.11. The summed E-state index contributed by atoms with van der Waals surface area (Å²) in [5.41, 5.74) is 8.61. The summed E-state index contributed by atoms with van der Waals surface area (Å²) in [6.07, 6.45) is 9.20. The molecular formula is C75H77N5O14. The van der Waals surface area contributed by atoms with E-state index in [9.17, 15) is 0 Å². The standard InChI is InChI=1S/C75H77N5O14/c1-2-4-35-93-72-32-16-60(54-76-72)68-6-5-7-69(78-68)61-17-33-73(77-55-61)94-53-47-86-41-40-85-46-52-92-67-28-26-66(27-29-67)91-51-45-84-39-37-82-43-49-89-63-20-12-57(13-21-63)71-31-15-59-9-8-58-14-30-70(79-74(58)75(59)80-71)56-10-18-62(19-11-56)88-48-42-81-36-38-83-44-50-90-65-24-22-64(23-25-65)87-34-3-1/h1-2,5-33,54-55H,3-4,34-53H2. The van der Waals surface area contributed by atoms with Crippen LogP contribution in [0.3, 0.4) is 0 Å². The number of ether oxygens (including phenoxy) is 14. The van der Waals surface area contributed by atoms with Crippen molar-refractivity contribution in [2.24, 2.45) is 0 Å². The van der Waals surface area contributed by atoms with E-state index in [-0.39, 0.29) is 0 Å². The van der Waals surface area contributed by atoms with Crippen molar-refractivity contribution in [2.45, 2.75) is 12.8 Å². The van der Waals surface area contributed by atoms with Crippen molar-refractivity contribution in [1.29, 1.82) is 0 Å². The summed E-state index contributed by atoms with van der Waals surface area (Å²) in [6.45, 7) is 8.60. The van der Waals surface area contributed by atoms with E-state index in [1.807, 2.05) is 152 Å². The molecule has 19 heteroatoms. The highest BCUT2D eigenvalue weighted by molar-refractivity contribution is 6.04. The van der Waals surface area contributed by atoms with Gasteiger partial charge in [0.25, 0.3) is 0 Å². The zero-order valence-electron chi connectivity index (χ0n) is 52.6. The first kappa shape index (κ1) is 65.8. The van der Waals surface area contributed by atoms with Gasteiger partial charge in [0.1, 0.15) is 74.1 Å². The molecule has 0 radical (unpaired) electrons. The van der Waals surface area contributed by atoms with Gasteiger partial charge in [-0.05, 0) is 146 Å². The molecule has 0 spiro atoms. The Morgan fingerprint density at radius 2 is 0.500 bits per heavy atom. The lowest BCUT2D eigenvalue weighted by molar-refractivity contribution is 0.0268. The molecule has 18 rings (SSSR count). The summed E-state index contributed by atoms with van der Waals surface area (Å²) in [7, 11) is 0. The lowest BCUT2D eigenvalue weighted by Crippen LogP contribution is -2.14. The van der Waals surface area contributed by atoms with E-state index in [2.05, 4.69) is 46.4 Å². The van der Waals surface area contributed by atoms with E-state index in [4.69, 9.17) is 81.3 Å². The summed E-state index contributed by atoms with van der Waals surface area (Å²) in [4.78, 5) is 24.1. The maximum Gasteiger partial charge on any atom is 0.213 e. The van der Waals surface area contributed by atoms with Gasteiger partial charge in [-0.1, -0.05) is 42.5 Å². The third-order valence-corrected chi connectivity index (χ3v) is 14.6. The zero-order chi connectivity index (χ0) is 63.9. The smallest absolute Gasteiger partial charge is 0.213 e. The molecule has 0 atom stereocenters. The minimum atomic E-state index is 0.349. The second-order valence-electron chi connectivity index (χ2n) is 21.3. The average Bonchev–Trinajstić information content (AvgIpc) is 0.810. The zero-order valence-corrected chi connectivity index (χ0v) is 52.6. The molecule has 13 heterocycles. The van der Waals surface area contributed by atoms with E-state index >= 15 is 0 Å². The van der Waals surface area contributed by atoms with Crippen molar-refractivity contribution in [3.8, 4) is 91.3 Å². The van der Waals surface area contributed by atoms with Crippen LogP contribution in [-0.4, -0.2) is 157 Å². The molecule has 8 aliphatic heterocycles. The maximum atomic E-state index is 5.98. The minimum absolute atomic E-state index is 0.349. The van der Waals surface area contributed by atoms with Crippen LogP contribution in [0.4, 0.5) is 0 Å². The van der Waals surface area contributed by atoms with Gasteiger partial charge in [-0.2, -0.15) is 0 Å². The molecular weight excluding hydrogens is 1190 g/mol. The van der Waals surface area contributed by atoms with Crippen molar-refractivity contribution >= 4 is 21.8 Å². The highest BCUT2D eigenvalue weighted by Gasteiger charge is 2.12. The second-order valence-corrected chi connectivity index (χ2v) is 21.3. The number of benzene rings is 5. The van der Waals surface area contributed by atoms with Crippen molar-refractivity contribution < 1.29 is 66.3 Å². The molecule has 0 saturated heterocycles. The molecule has 0 saturated carbocycles. The van der Waals surface area contributed by atoms with Crippen LogP contribution in [0.1, 0.15) is 12.8 Å². The molecule has 18 bridgehead atoms. The van der Waals surface area contributed by atoms with Crippen molar-refractivity contribution in [1.82, 2.24) is 24.9 Å². The molecule has 19 nitrogen and oxygen atoms in total. The van der Waals surface area contributed by atoms with E-state index in [1.54, 1.807) is 12.4 Å². The molecule has 5 aromatic carbocycles. The largest absolute Gasteiger partial charge is 0.493 e. The third-order valence-electron chi connectivity index (χ3n) is 14.6. The molecule has 0 aliphatic carbocycles. The normalized spacial score (nSPS) is 15.7. The van der Waals surface area contributed by atoms with Crippen LogP contribution in [0.5, 0.6) is 46.3 Å². The van der Waals surface area contributed by atoms with Crippen LogP contribution in [-0.2, 0) is 28.4 Å². The molecule has 0 N–H and O–H groups in total. The van der Waals surface area contributed by atoms with Gasteiger partial charge in [0, 0.05) is 57.6 Å². The van der Waals surface area contributed by atoms with E-state index in [0.717, 1.165) is 114 Å². The maximum absolute atomic E-state index is 5.98. The quantitative estimate of drug-likeness (QED) is 0.103. The number of hydrogen-bond acceptors (Lipinski definition) is 19. The number of aromatic nitrogens is 5. The Kier molecular flexibility index (Phi) is 25.5. The lowest BCUT2D eigenvalue weighted by atomic mass is 10.1. The van der Waals surface area contributed by atoms with Crippen LogP contribution >= 0.6 is 0 Å². The number of rotatable bonds is 0. The summed E-state index contributed by atoms with van der Waals surface area (Å²) >= 11 is 0. The fraction of sp³-hybridized carbons (Fsp3) is 0.293. The molecule has 0 amide bonds. The summed E-state index contributed by atoms with van der Waals surface area (Å²) in [5, 5.41) is 2.02. The highest BCUT2D eigenvalue weighted by Crippen LogP contribution is 2.31. The predicted octanol–water partition coefficient (Wildman–Crippen LogP) is 13.2. The fourth-order valence-corrected chi connectivity index (χ4v) is 9.76. The number of hydrogen-bond donors (Lipinski definition) is 0. The molecule has 486 valence electrons. The van der Waals surface area contributed by atoms with Gasteiger partial charge in [-0.25, -0.2) is 24.9 Å². The summed E-state index contributed by atoms with van der Waals surface area (Å²) in [6, 6.07) is 56.8. The second kappa shape index (κ2) is 36.5. The van der Waals surface area contributed by atoms with Crippen molar-refractivity contribution in [2.75, 3.05) is 132 Å². The Hall–Kier alpha value is -9.73. The van der Waals surface area contributed by atoms with Crippen LogP contribution in [0.25, 0.3) is 66.8 Å². The van der Waals surface area contributed by atoms with Gasteiger partial charge in [0.2, 0.25) is 11.8 Å². The van der Waals surface area contributed by atoms with Gasteiger partial charge < -0.3 is 66.3 Å². The Morgan fingerprint density at radius 3 is 0.851 bits per heavy atom. The summed E-state index contributed by atoms with van der Waals surface area (Å²) < 4.78 is 81.5. The Balaban J connectivity index is 0.613. The van der Waals surface area contributed by atoms with Crippen molar-refractivity contribution in [3.63, 3.8) is 0 Å². The Labute approximate surface area is 547 Å². The van der Waals surface area contributed by atoms with Crippen LogP contribution in [0, 0.1) is 0 Å². The monoisotopic (exact) mass is 1270 g/mol. The average molecular weight is 1270 g/mol. The molecule has 0 unspecified atom stereocenters. The first-order valence-corrected chi connectivity index (χ1v) is 31.8. The third kappa shape index (κ3) is 20.9. The van der Waals surface area contributed by atoms with Crippen LogP contribution in [0.2, 0.25) is 0 Å². The van der Waals surface area contributed by atoms with E-state index < -0.39 is 0 Å². The fourth-order valence-electron chi connectivity index (χ4n) is 9.76. The van der Waals surface area contributed by atoms with E-state index in [1.165, 1.54) is 0 Å². The van der Waals surface area contributed by atoms with Gasteiger partial charge >= 0.3 is 0 Å². The molecule has 0 fully saturated rings. The summed E-state index contributed by atoms with van der Waals surface area (Å²) in [5.74, 6) is 5.51. The van der Waals surface area contributed by atoms with Gasteiger partial charge in [-0.3, -0.25) is 0 Å². The first-order valence-electron chi connectivity index (χ1n) is 31.8. The predicted molar refractivity (Wildman–Crippen MR) is 359 cm³/mol. The minimum Gasteiger partial charge on any atom is -0.493 e. The van der Waals surface area contributed by atoms with E-state index in [0.29, 0.717) is 144 Å². The molecule has 5 aromatic heterocycles. The van der Waals surface area contributed by atoms with Gasteiger partial charge in [0.15, 0.2) is 0 Å². The van der Waals surface area contributed by atoms with Gasteiger partial charge in [-0.15, -0.1) is 0 Å². The SMILES string of the molecule is C1=CCCOc2ccc(cn2)-c2cccc(n2)-c2ccc(nc2)OCCOCCOCCOc2ccc(cc2)OCCOCCOCCOc2ccc(cc2)-c2ccc3ccc4ccc(nc4c3n2)-c2ccc(cc2)OCCOCCOCCOc2ccc(cc2)OCC1. The Bertz CT molecular complexity index is 3880. The highest BCUT2D eigenvalue weighted by atomic mass is 16.6. The number of fused-ring (bicyclic) bond motifs is 4. The molecule has 10 aromatic rings. The van der Waals surface area contributed by atoms with Crippen molar-refractivity contribution in [3.05, 3.63) is 200 Å². The topological polar surface area (TPSA) is 194 Å². The Morgan fingerprint density at radius 1 is 0.223 bits per heavy atom.